The van der Waals surface area contributed by atoms with Crippen molar-refractivity contribution in [3.63, 3.8) is 0 Å². The highest BCUT2D eigenvalue weighted by molar-refractivity contribution is 5.94. The van der Waals surface area contributed by atoms with Gasteiger partial charge in [0.15, 0.2) is 0 Å². The number of rotatable bonds is 5. The smallest absolute Gasteiger partial charge is 0.314 e. The molecule has 0 radical (unpaired) electrons. The molecule has 1 aliphatic heterocycles. The van der Waals surface area contributed by atoms with Crippen LogP contribution in [0.2, 0.25) is 0 Å². The van der Waals surface area contributed by atoms with Crippen LogP contribution in [0.25, 0.3) is 11.0 Å². The number of nitrogens with one attached hydrogen (secondary N) is 1. The summed E-state index contributed by atoms with van der Waals surface area (Å²) >= 11 is 0. The fraction of sp³-hybridized carbons (Fsp3) is 0.481. The molecule has 2 aromatic carbocycles. The zero-order valence-corrected chi connectivity index (χ0v) is 19.5. The topological polar surface area (TPSA) is 61.3 Å². The monoisotopic (exact) mass is 446 g/mol. The molecular weight excluding hydrogens is 412 g/mol. The number of likely N-dealkylation sites (N-methyl/N-ethyl adjacent to an activating group) is 1. The predicted molar refractivity (Wildman–Crippen MR) is 133 cm³/mol. The quantitative estimate of drug-likeness (QED) is 0.619. The average molecular weight is 447 g/mol. The zero-order chi connectivity index (χ0) is 22.8. The lowest BCUT2D eigenvalue weighted by Gasteiger charge is -2.33. The molecule has 1 amide bonds. The molecule has 0 bridgehead atoms. The van der Waals surface area contributed by atoms with Gasteiger partial charge in [0, 0.05) is 31.9 Å². The molecule has 0 unspecified atom stereocenters. The van der Waals surface area contributed by atoms with Gasteiger partial charge in [-0.3, -0.25) is 14.3 Å². The third-order valence-electron chi connectivity index (χ3n) is 7.64. The standard InChI is InChI=1S/C27H34N4O2/c1-29(22-13-11-21(12-14-22)20-7-3-2-4-8-20)26(32)19-30-17-15-23(16-18-30)31-25-10-6-5-9-24(25)28-27(31)33/h5-6,9-14,20,23H,2-4,7-8,15-19H2,1H3,(H,28,33). The van der Waals surface area contributed by atoms with Crippen LogP contribution in [0.5, 0.6) is 0 Å². The molecule has 5 rings (SSSR count). The van der Waals surface area contributed by atoms with E-state index in [2.05, 4.69) is 34.1 Å². The number of amides is 1. The van der Waals surface area contributed by atoms with Gasteiger partial charge >= 0.3 is 5.69 Å². The predicted octanol–water partition coefficient (Wildman–Crippen LogP) is 4.68. The Kier molecular flexibility index (Phi) is 6.36. The van der Waals surface area contributed by atoms with Crippen LogP contribution in [0.1, 0.15) is 62.5 Å². The van der Waals surface area contributed by atoms with Crippen molar-refractivity contribution in [2.45, 2.75) is 56.9 Å². The first-order valence-electron chi connectivity index (χ1n) is 12.4. The summed E-state index contributed by atoms with van der Waals surface area (Å²) in [5, 5.41) is 0. The second-order valence-corrected chi connectivity index (χ2v) is 9.70. The first kappa shape index (κ1) is 22.0. The van der Waals surface area contributed by atoms with E-state index in [4.69, 9.17) is 0 Å². The normalized spacial score (nSPS) is 18.6. The highest BCUT2D eigenvalue weighted by Crippen LogP contribution is 2.33. The van der Waals surface area contributed by atoms with Crippen molar-refractivity contribution >= 4 is 22.6 Å². The largest absolute Gasteiger partial charge is 0.326 e. The van der Waals surface area contributed by atoms with Gasteiger partial charge in [-0.25, -0.2) is 4.79 Å². The molecule has 1 aliphatic carbocycles. The van der Waals surface area contributed by atoms with Gasteiger partial charge in [0.25, 0.3) is 0 Å². The van der Waals surface area contributed by atoms with E-state index in [9.17, 15) is 9.59 Å². The minimum atomic E-state index is -0.0397. The number of aromatic nitrogens is 2. The van der Waals surface area contributed by atoms with Gasteiger partial charge in [0.1, 0.15) is 0 Å². The molecule has 1 aromatic heterocycles. The highest BCUT2D eigenvalue weighted by atomic mass is 16.2. The van der Waals surface area contributed by atoms with Crippen molar-refractivity contribution in [2.24, 2.45) is 0 Å². The number of imidazole rings is 1. The van der Waals surface area contributed by atoms with E-state index in [1.165, 1.54) is 37.7 Å². The van der Waals surface area contributed by atoms with Crippen LogP contribution in [0, 0.1) is 0 Å². The fourth-order valence-corrected chi connectivity index (χ4v) is 5.62. The molecule has 174 valence electrons. The number of carbonyl (C=O) groups is 1. The summed E-state index contributed by atoms with van der Waals surface area (Å²) in [7, 11) is 1.87. The van der Waals surface area contributed by atoms with E-state index in [1.807, 2.05) is 35.9 Å². The van der Waals surface area contributed by atoms with Gasteiger partial charge in [-0.05, 0) is 61.4 Å². The summed E-state index contributed by atoms with van der Waals surface area (Å²) in [5.74, 6) is 0.794. The van der Waals surface area contributed by atoms with Gasteiger partial charge in [-0.15, -0.1) is 0 Å². The average Bonchev–Trinajstić information content (AvgIpc) is 3.20. The van der Waals surface area contributed by atoms with Gasteiger partial charge in [0.05, 0.1) is 17.6 Å². The van der Waals surface area contributed by atoms with Crippen LogP contribution in [-0.2, 0) is 4.79 Å². The minimum absolute atomic E-state index is 0.0397. The molecule has 2 heterocycles. The molecule has 2 fully saturated rings. The van der Waals surface area contributed by atoms with Crippen LogP contribution in [0.3, 0.4) is 0 Å². The van der Waals surface area contributed by atoms with Gasteiger partial charge in [0.2, 0.25) is 5.91 Å². The Morgan fingerprint density at radius 2 is 1.67 bits per heavy atom. The molecule has 2 aliphatic rings. The summed E-state index contributed by atoms with van der Waals surface area (Å²) in [4.78, 5) is 32.4. The molecule has 0 atom stereocenters. The first-order chi connectivity index (χ1) is 16.1. The van der Waals surface area contributed by atoms with E-state index >= 15 is 0 Å². The van der Waals surface area contributed by atoms with Crippen LogP contribution in [-0.4, -0.2) is 47.0 Å². The van der Waals surface area contributed by atoms with Crippen LogP contribution < -0.4 is 10.6 Å². The Morgan fingerprint density at radius 1 is 0.970 bits per heavy atom. The van der Waals surface area contributed by atoms with E-state index in [1.54, 1.807) is 4.90 Å². The SMILES string of the molecule is CN(C(=O)CN1CCC(n2c(=O)[nH]c3ccccc32)CC1)c1ccc(C2CCCCC2)cc1. The number of hydrogen-bond donors (Lipinski definition) is 1. The lowest BCUT2D eigenvalue weighted by molar-refractivity contribution is -0.119. The molecule has 1 N–H and O–H groups in total. The molecule has 1 saturated carbocycles. The third-order valence-corrected chi connectivity index (χ3v) is 7.64. The summed E-state index contributed by atoms with van der Waals surface area (Å²) in [6.07, 6.45) is 8.33. The van der Waals surface area contributed by atoms with Gasteiger partial charge < -0.3 is 9.88 Å². The maximum Gasteiger partial charge on any atom is 0.326 e. The number of likely N-dealkylation sites (tertiary alicyclic amines) is 1. The number of aromatic amines is 1. The van der Waals surface area contributed by atoms with Gasteiger partial charge in [-0.1, -0.05) is 43.5 Å². The first-order valence-corrected chi connectivity index (χ1v) is 12.4. The molecule has 6 heteroatoms. The Balaban J connectivity index is 1.17. The summed E-state index contributed by atoms with van der Waals surface area (Å²) < 4.78 is 1.90. The maximum atomic E-state index is 13.0. The van der Waals surface area contributed by atoms with Crippen molar-refractivity contribution in [3.05, 3.63) is 64.6 Å². The maximum absolute atomic E-state index is 13.0. The summed E-state index contributed by atoms with van der Waals surface area (Å²) in [5.41, 5.74) is 4.18. The Bertz CT molecular complexity index is 1150. The number of nitrogens with zero attached hydrogens (tertiary/aromatic N) is 3. The Hall–Kier alpha value is -2.86. The molecular formula is C27H34N4O2. The summed E-state index contributed by atoms with van der Waals surface area (Å²) in [6, 6.07) is 16.6. The Morgan fingerprint density at radius 3 is 2.39 bits per heavy atom. The number of piperidine rings is 1. The number of para-hydroxylation sites is 2. The number of H-pyrrole nitrogens is 1. The second kappa shape index (κ2) is 9.56. The van der Waals surface area contributed by atoms with E-state index in [-0.39, 0.29) is 17.6 Å². The third kappa shape index (κ3) is 4.62. The molecule has 0 spiro atoms. The van der Waals surface area contributed by atoms with Crippen molar-refractivity contribution < 1.29 is 4.79 Å². The van der Waals surface area contributed by atoms with E-state index in [0.29, 0.717) is 12.5 Å². The van der Waals surface area contributed by atoms with Gasteiger partial charge in [-0.2, -0.15) is 0 Å². The zero-order valence-electron chi connectivity index (χ0n) is 19.5. The number of hydrogen-bond acceptors (Lipinski definition) is 3. The van der Waals surface area contributed by atoms with E-state index < -0.39 is 0 Å². The number of fused-ring (bicyclic) bond motifs is 1. The lowest BCUT2D eigenvalue weighted by Crippen LogP contribution is -2.43. The Labute approximate surface area is 195 Å². The summed E-state index contributed by atoms with van der Waals surface area (Å²) in [6.45, 7) is 2.05. The molecule has 6 nitrogen and oxygen atoms in total. The van der Waals surface area contributed by atoms with Crippen LogP contribution >= 0.6 is 0 Å². The molecule has 3 aromatic rings. The number of benzene rings is 2. The van der Waals surface area contributed by atoms with Crippen molar-refractivity contribution in [2.75, 3.05) is 31.6 Å². The van der Waals surface area contributed by atoms with Crippen molar-refractivity contribution in [3.8, 4) is 0 Å². The van der Waals surface area contributed by atoms with E-state index in [0.717, 1.165) is 42.7 Å². The molecule has 33 heavy (non-hydrogen) atoms. The molecule has 1 saturated heterocycles. The number of anilines is 1. The lowest BCUT2D eigenvalue weighted by atomic mass is 9.84. The minimum Gasteiger partial charge on any atom is -0.314 e. The van der Waals surface area contributed by atoms with Crippen LogP contribution in [0.4, 0.5) is 5.69 Å². The highest BCUT2D eigenvalue weighted by Gasteiger charge is 2.25. The van der Waals surface area contributed by atoms with Crippen LogP contribution in [0.15, 0.2) is 53.3 Å². The fourth-order valence-electron chi connectivity index (χ4n) is 5.62. The van der Waals surface area contributed by atoms with Crippen molar-refractivity contribution in [1.29, 1.82) is 0 Å². The number of carbonyl (C=O) groups excluding carboxylic acids is 1. The second-order valence-electron chi connectivity index (χ2n) is 9.70. The van der Waals surface area contributed by atoms with Crippen molar-refractivity contribution in [1.82, 2.24) is 14.5 Å².